The van der Waals surface area contributed by atoms with E-state index in [9.17, 15) is 0 Å². The van der Waals surface area contributed by atoms with Gasteiger partial charge in [-0.25, -0.2) is 4.98 Å². The van der Waals surface area contributed by atoms with Crippen LogP contribution in [0, 0.1) is 5.92 Å². The number of aliphatic imine (C=N–C) groups is 1. The van der Waals surface area contributed by atoms with Crippen LogP contribution in [-0.4, -0.2) is 17.4 Å². The van der Waals surface area contributed by atoms with E-state index >= 15 is 0 Å². The van der Waals surface area contributed by atoms with Gasteiger partial charge < -0.3 is 5.73 Å². The molecule has 3 nitrogen and oxygen atoms in total. The summed E-state index contributed by atoms with van der Waals surface area (Å²) in [6, 6.07) is 11.9. The molecule has 0 aliphatic carbocycles. The van der Waals surface area contributed by atoms with Gasteiger partial charge in [-0.2, -0.15) is 0 Å². The Morgan fingerprint density at radius 2 is 2.00 bits per heavy atom. The van der Waals surface area contributed by atoms with Crippen molar-refractivity contribution in [3.8, 4) is 0 Å². The average molecular weight is 227 g/mol. The summed E-state index contributed by atoms with van der Waals surface area (Å²) in [4.78, 5) is 8.83. The molecule has 0 aliphatic heterocycles. The number of hydrogen-bond donors (Lipinski definition) is 1. The molecule has 0 unspecified atom stereocenters. The molecule has 0 amide bonds. The molecule has 0 bridgehead atoms. The van der Waals surface area contributed by atoms with Crippen LogP contribution in [0.25, 0.3) is 10.9 Å². The lowest BCUT2D eigenvalue weighted by molar-refractivity contribution is 0.665. The molecule has 0 aliphatic rings. The van der Waals surface area contributed by atoms with Crippen molar-refractivity contribution < 1.29 is 0 Å². The molecule has 3 heteroatoms. The maximum atomic E-state index is 5.92. The van der Waals surface area contributed by atoms with Crippen molar-refractivity contribution in [3.63, 3.8) is 0 Å². The summed E-state index contributed by atoms with van der Waals surface area (Å²) in [7, 11) is 0. The van der Waals surface area contributed by atoms with Crippen LogP contribution in [0.3, 0.4) is 0 Å². The van der Waals surface area contributed by atoms with Crippen molar-refractivity contribution in [2.75, 3.05) is 6.54 Å². The third-order valence-electron chi connectivity index (χ3n) is 2.49. The Kier molecular flexibility index (Phi) is 3.38. The first-order chi connectivity index (χ1) is 8.16. The van der Waals surface area contributed by atoms with Gasteiger partial charge in [-0.1, -0.05) is 38.1 Å². The lowest BCUT2D eigenvalue weighted by atomic mass is 10.2. The molecule has 0 atom stereocenters. The predicted octanol–water partition coefficient (Wildman–Crippen LogP) is 2.60. The van der Waals surface area contributed by atoms with Gasteiger partial charge in [-0.05, 0) is 18.1 Å². The minimum absolute atomic E-state index is 0.508. The molecular weight excluding hydrogens is 210 g/mol. The number of hydrogen-bond acceptors (Lipinski definition) is 2. The third kappa shape index (κ3) is 2.81. The monoisotopic (exact) mass is 227 g/mol. The highest BCUT2D eigenvalue weighted by molar-refractivity contribution is 5.97. The molecule has 1 heterocycles. The zero-order valence-electron chi connectivity index (χ0n) is 10.2. The van der Waals surface area contributed by atoms with E-state index in [0.717, 1.165) is 23.1 Å². The van der Waals surface area contributed by atoms with E-state index in [4.69, 9.17) is 5.73 Å². The standard InChI is InChI=1S/C14H17N3/c1-10(2)9-16-14(15)13-8-7-11-5-3-4-6-12(11)17-13/h3-8,10H,9H2,1-2H3,(H2,15,16). The van der Waals surface area contributed by atoms with Crippen LogP contribution in [0.4, 0.5) is 0 Å². The van der Waals surface area contributed by atoms with Gasteiger partial charge in [-0.3, -0.25) is 4.99 Å². The van der Waals surface area contributed by atoms with Gasteiger partial charge >= 0.3 is 0 Å². The minimum Gasteiger partial charge on any atom is -0.382 e. The molecule has 2 N–H and O–H groups in total. The van der Waals surface area contributed by atoms with Crippen LogP contribution in [0.2, 0.25) is 0 Å². The van der Waals surface area contributed by atoms with Crippen molar-refractivity contribution in [2.24, 2.45) is 16.6 Å². The fraction of sp³-hybridized carbons (Fsp3) is 0.286. The number of amidine groups is 1. The largest absolute Gasteiger partial charge is 0.382 e. The lowest BCUT2D eigenvalue weighted by Crippen LogP contribution is -2.16. The van der Waals surface area contributed by atoms with Crippen molar-refractivity contribution in [1.29, 1.82) is 0 Å². The molecular formula is C14H17N3. The third-order valence-corrected chi connectivity index (χ3v) is 2.49. The van der Waals surface area contributed by atoms with E-state index < -0.39 is 0 Å². The van der Waals surface area contributed by atoms with Crippen molar-refractivity contribution in [1.82, 2.24) is 4.98 Å². The summed E-state index contributed by atoms with van der Waals surface area (Å²) >= 11 is 0. The van der Waals surface area contributed by atoms with Crippen molar-refractivity contribution >= 4 is 16.7 Å². The fourth-order valence-electron chi connectivity index (χ4n) is 1.57. The average Bonchev–Trinajstić information content (AvgIpc) is 2.35. The van der Waals surface area contributed by atoms with Crippen LogP contribution in [0.1, 0.15) is 19.5 Å². The molecule has 17 heavy (non-hydrogen) atoms. The summed E-state index contributed by atoms with van der Waals surface area (Å²) < 4.78 is 0. The highest BCUT2D eigenvalue weighted by Gasteiger charge is 2.02. The number of nitrogens with zero attached hydrogens (tertiary/aromatic N) is 2. The number of rotatable bonds is 3. The Balaban J connectivity index is 2.33. The van der Waals surface area contributed by atoms with E-state index in [1.165, 1.54) is 0 Å². The maximum absolute atomic E-state index is 5.92. The minimum atomic E-state index is 0.508. The van der Waals surface area contributed by atoms with Gasteiger partial charge in [0.1, 0.15) is 11.5 Å². The first-order valence-electron chi connectivity index (χ1n) is 5.83. The van der Waals surface area contributed by atoms with Gasteiger partial charge in [0.25, 0.3) is 0 Å². The number of aromatic nitrogens is 1. The van der Waals surface area contributed by atoms with Gasteiger partial charge in [0.15, 0.2) is 0 Å². The second-order valence-corrected chi connectivity index (χ2v) is 4.51. The van der Waals surface area contributed by atoms with E-state index in [1.54, 1.807) is 0 Å². The van der Waals surface area contributed by atoms with Crippen molar-refractivity contribution in [3.05, 3.63) is 42.1 Å². The Morgan fingerprint density at radius 3 is 2.76 bits per heavy atom. The number of benzene rings is 1. The fourth-order valence-corrected chi connectivity index (χ4v) is 1.57. The SMILES string of the molecule is CC(C)CN=C(N)c1ccc2ccccc2n1. The Bertz CT molecular complexity index is 544. The van der Waals surface area contributed by atoms with E-state index in [0.29, 0.717) is 11.8 Å². The molecule has 0 fully saturated rings. The first kappa shape index (κ1) is 11.6. The Morgan fingerprint density at radius 1 is 1.24 bits per heavy atom. The summed E-state index contributed by atoms with van der Waals surface area (Å²) in [5.74, 6) is 1.03. The highest BCUT2D eigenvalue weighted by atomic mass is 14.9. The first-order valence-corrected chi connectivity index (χ1v) is 5.83. The van der Waals surface area contributed by atoms with Gasteiger partial charge in [0, 0.05) is 11.9 Å². The zero-order valence-corrected chi connectivity index (χ0v) is 10.2. The molecule has 1 aromatic carbocycles. The normalized spacial score (nSPS) is 12.3. The topological polar surface area (TPSA) is 51.3 Å². The Hall–Kier alpha value is -1.90. The molecule has 0 saturated carbocycles. The van der Waals surface area contributed by atoms with E-state index in [2.05, 4.69) is 23.8 Å². The van der Waals surface area contributed by atoms with Gasteiger partial charge in [0.05, 0.1) is 5.52 Å². The van der Waals surface area contributed by atoms with E-state index in [-0.39, 0.29) is 0 Å². The second kappa shape index (κ2) is 4.95. The van der Waals surface area contributed by atoms with E-state index in [1.807, 2.05) is 36.4 Å². The van der Waals surface area contributed by atoms with Crippen LogP contribution in [0.15, 0.2) is 41.4 Å². The molecule has 2 aromatic rings. The zero-order chi connectivity index (χ0) is 12.3. The maximum Gasteiger partial charge on any atom is 0.144 e. The summed E-state index contributed by atoms with van der Waals surface area (Å²) in [5, 5.41) is 1.12. The Labute approximate surface area is 101 Å². The number of pyridine rings is 1. The molecule has 88 valence electrons. The molecule has 1 aromatic heterocycles. The summed E-state index contributed by atoms with van der Waals surface area (Å²) in [6.45, 7) is 4.97. The number of para-hydroxylation sites is 1. The van der Waals surface area contributed by atoms with Crippen molar-refractivity contribution in [2.45, 2.75) is 13.8 Å². The molecule has 2 rings (SSSR count). The van der Waals surface area contributed by atoms with Crippen LogP contribution >= 0.6 is 0 Å². The van der Waals surface area contributed by atoms with Crippen LogP contribution in [0.5, 0.6) is 0 Å². The molecule has 0 radical (unpaired) electrons. The van der Waals surface area contributed by atoms with Crippen LogP contribution in [-0.2, 0) is 0 Å². The smallest absolute Gasteiger partial charge is 0.144 e. The predicted molar refractivity (Wildman–Crippen MR) is 72.2 cm³/mol. The lowest BCUT2D eigenvalue weighted by Gasteiger charge is -2.04. The molecule has 0 spiro atoms. The highest BCUT2D eigenvalue weighted by Crippen LogP contribution is 2.11. The molecule has 0 saturated heterocycles. The number of nitrogens with two attached hydrogens (primary N) is 1. The second-order valence-electron chi connectivity index (χ2n) is 4.51. The summed E-state index contributed by atoms with van der Waals surface area (Å²) in [6.07, 6.45) is 0. The quantitative estimate of drug-likeness (QED) is 0.647. The van der Waals surface area contributed by atoms with Gasteiger partial charge in [-0.15, -0.1) is 0 Å². The van der Waals surface area contributed by atoms with Gasteiger partial charge in [0.2, 0.25) is 0 Å². The summed E-state index contributed by atoms with van der Waals surface area (Å²) in [5.41, 5.74) is 7.63. The van der Waals surface area contributed by atoms with Crippen LogP contribution < -0.4 is 5.73 Å². The number of fused-ring (bicyclic) bond motifs is 1.